The second-order valence-corrected chi connectivity index (χ2v) is 6.20. The molecule has 0 fully saturated rings. The quantitative estimate of drug-likeness (QED) is 0.679. The largest absolute Gasteiger partial charge is 0.417 e. The molecule has 1 N–H and O–H groups in total. The lowest BCUT2D eigenvalue weighted by Crippen LogP contribution is -2.09. The van der Waals surface area contributed by atoms with Crippen molar-refractivity contribution >= 4 is 28.1 Å². The molecule has 0 atom stereocenters. The number of aromatic nitrogens is 2. The molecule has 1 heterocycles. The number of hydrogen-bond acceptors (Lipinski definition) is 2. The molecule has 1 aromatic heterocycles. The van der Waals surface area contributed by atoms with Gasteiger partial charge < -0.3 is 4.98 Å². The summed E-state index contributed by atoms with van der Waals surface area (Å²) >= 11 is 8.11. The number of H-pyrrole nitrogens is 1. The van der Waals surface area contributed by atoms with Crippen LogP contribution in [0.2, 0.25) is 0 Å². The number of nitrogens with zero attached hydrogens (tertiary/aromatic N) is 1. The van der Waals surface area contributed by atoms with E-state index in [4.69, 9.17) is 12.2 Å². The van der Waals surface area contributed by atoms with Gasteiger partial charge in [-0.3, -0.25) is 0 Å². The molecule has 2 nitrogen and oxygen atoms in total. The summed E-state index contributed by atoms with van der Waals surface area (Å²) in [6.45, 7) is 3.85. The smallest absolute Gasteiger partial charge is 0.343 e. The molecule has 2 rings (SSSR count). The zero-order valence-electron chi connectivity index (χ0n) is 11.3. The first-order valence-corrected chi connectivity index (χ1v) is 7.37. The van der Waals surface area contributed by atoms with Crippen LogP contribution in [0.15, 0.2) is 28.7 Å². The van der Waals surface area contributed by atoms with Gasteiger partial charge in [-0.05, 0) is 30.2 Å². The van der Waals surface area contributed by atoms with E-state index in [1.807, 2.05) is 13.8 Å². The van der Waals surface area contributed by atoms with Crippen LogP contribution in [0, 0.1) is 4.64 Å². The predicted molar refractivity (Wildman–Crippen MR) is 81.6 cm³/mol. The first-order chi connectivity index (χ1) is 9.68. The fraction of sp³-hybridized carbons (Fsp3) is 0.286. The molecule has 0 bridgehead atoms. The average Bonchev–Trinajstić information content (AvgIpc) is 2.36. The van der Waals surface area contributed by atoms with Crippen LogP contribution >= 0.6 is 28.1 Å². The van der Waals surface area contributed by atoms with Gasteiger partial charge in [0.05, 0.1) is 5.56 Å². The van der Waals surface area contributed by atoms with Crippen LogP contribution in [0.3, 0.4) is 0 Å². The zero-order valence-corrected chi connectivity index (χ0v) is 13.7. The van der Waals surface area contributed by atoms with Crippen LogP contribution in [0.25, 0.3) is 11.4 Å². The SMILES string of the molecule is CC(C)c1cc(=S)nc(-c2ccc(Br)cc2C(F)(F)F)[nH]1. The van der Waals surface area contributed by atoms with Gasteiger partial charge in [0.2, 0.25) is 0 Å². The van der Waals surface area contributed by atoms with Gasteiger partial charge in [0.25, 0.3) is 0 Å². The second kappa shape index (κ2) is 5.88. The fourth-order valence-electron chi connectivity index (χ4n) is 1.87. The molecule has 1 aromatic carbocycles. The van der Waals surface area contributed by atoms with Crippen molar-refractivity contribution in [3.63, 3.8) is 0 Å². The zero-order chi connectivity index (χ0) is 15.8. The fourth-order valence-corrected chi connectivity index (χ4v) is 2.45. The lowest BCUT2D eigenvalue weighted by Gasteiger charge is -2.14. The molecule has 2 aromatic rings. The van der Waals surface area contributed by atoms with Crippen molar-refractivity contribution in [1.82, 2.24) is 9.97 Å². The summed E-state index contributed by atoms with van der Waals surface area (Å²) in [5, 5.41) is 0. The minimum absolute atomic E-state index is 0.0145. The van der Waals surface area contributed by atoms with Crippen molar-refractivity contribution in [1.29, 1.82) is 0 Å². The molecule has 21 heavy (non-hydrogen) atoms. The van der Waals surface area contributed by atoms with E-state index in [9.17, 15) is 13.2 Å². The number of aromatic amines is 1. The van der Waals surface area contributed by atoms with Gasteiger partial charge in [0.15, 0.2) is 0 Å². The Morgan fingerprint density at radius 1 is 1.24 bits per heavy atom. The molecule has 0 aliphatic heterocycles. The Bertz CT molecular complexity index is 723. The Hall–Kier alpha value is -1.21. The summed E-state index contributed by atoms with van der Waals surface area (Å²) in [6.07, 6.45) is -4.47. The molecule has 7 heteroatoms. The molecular weight excluding hydrogens is 365 g/mol. The molecule has 0 unspecified atom stereocenters. The number of hydrogen-bond donors (Lipinski definition) is 1. The first kappa shape index (κ1) is 16.2. The Morgan fingerprint density at radius 2 is 1.90 bits per heavy atom. The molecular formula is C14H12BrF3N2S. The third kappa shape index (κ3) is 3.71. The van der Waals surface area contributed by atoms with Crippen molar-refractivity contribution in [2.24, 2.45) is 0 Å². The number of benzene rings is 1. The number of alkyl halides is 3. The van der Waals surface area contributed by atoms with Crippen LogP contribution in [-0.4, -0.2) is 9.97 Å². The molecule has 0 radical (unpaired) electrons. The maximum Gasteiger partial charge on any atom is 0.417 e. The summed E-state index contributed by atoms with van der Waals surface area (Å²) < 4.78 is 40.2. The van der Waals surface area contributed by atoms with Gasteiger partial charge in [0, 0.05) is 15.7 Å². The maximum atomic E-state index is 13.2. The van der Waals surface area contributed by atoms with Crippen LogP contribution in [0.1, 0.15) is 31.0 Å². The van der Waals surface area contributed by atoms with Crippen molar-refractivity contribution in [3.8, 4) is 11.4 Å². The highest BCUT2D eigenvalue weighted by atomic mass is 79.9. The molecule has 112 valence electrons. The van der Waals surface area contributed by atoms with Crippen LogP contribution in [0.5, 0.6) is 0 Å². The van der Waals surface area contributed by atoms with Gasteiger partial charge in [-0.15, -0.1) is 0 Å². The Morgan fingerprint density at radius 3 is 2.48 bits per heavy atom. The second-order valence-electron chi connectivity index (χ2n) is 4.87. The Kier molecular flexibility index (Phi) is 4.53. The van der Waals surface area contributed by atoms with Gasteiger partial charge in [0.1, 0.15) is 10.5 Å². The number of rotatable bonds is 2. The summed E-state index contributed by atoms with van der Waals surface area (Å²) in [4.78, 5) is 6.97. The van der Waals surface area contributed by atoms with E-state index >= 15 is 0 Å². The van der Waals surface area contributed by atoms with E-state index in [-0.39, 0.29) is 21.9 Å². The Balaban J connectivity index is 2.70. The third-order valence-corrected chi connectivity index (χ3v) is 3.63. The molecule has 0 amide bonds. The van der Waals surface area contributed by atoms with Crippen molar-refractivity contribution in [3.05, 3.63) is 44.6 Å². The van der Waals surface area contributed by atoms with Gasteiger partial charge >= 0.3 is 6.18 Å². The topological polar surface area (TPSA) is 28.7 Å². The lowest BCUT2D eigenvalue weighted by molar-refractivity contribution is -0.137. The predicted octanol–water partition coefficient (Wildman–Crippen LogP) is 5.71. The van der Waals surface area contributed by atoms with E-state index in [2.05, 4.69) is 25.9 Å². The molecule has 0 saturated heterocycles. The highest BCUT2D eigenvalue weighted by Crippen LogP contribution is 2.37. The van der Waals surface area contributed by atoms with Crippen molar-refractivity contribution < 1.29 is 13.2 Å². The standard InChI is InChI=1S/C14H12BrF3N2S/c1-7(2)11-6-12(21)20-13(19-11)9-4-3-8(15)5-10(9)14(16,17)18/h3-7H,1-2H3,(H,19,20,21). The van der Waals surface area contributed by atoms with Crippen LogP contribution in [-0.2, 0) is 6.18 Å². The molecule has 0 saturated carbocycles. The highest BCUT2D eigenvalue weighted by Gasteiger charge is 2.34. The maximum absolute atomic E-state index is 13.2. The number of halogens is 4. The minimum atomic E-state index is -4.47. The average molecular weight is 377 g/mol. The normalized spacial score (nSPS) is 12.0. The van der Waals surface area contributed by atoms with Gasteiger partial charge in [-0.2, -0.15) is 13.2 Å². The van der Waals surface area contributed by atoms with Crippen molar-refractivity contribution in [2.45, 2.75) is 25.9 Å². The molecule has 0 spiro atoms. The van der Waals surface area contributed by atoms with Gasteiger partial charge in [-0.1, -0.05) is 42.0 Å². The third-order valence-electron chi connectivity index (χ3n) is 2.93. The van der Waals surface area contributed by atoms with E-state index in [1.165, 1.54) is 6.07 Å². The molecule has 0 aliphatic rings. The minimum Gasteiger partial charge on any atom is -0.343 e. The van der Waals surface area contributed by atoms with Crippen LogP contribution in [0.4, 0.5) is 13.2 Å². The van der Waals surface area contributed by atoms with E-state index in [0.29, 0.717) is 4.47 Å². The number of nitrogens with one attached hydrogen (secondary N) is 1. The lowest BCUT2D eigenvalue weighted by atomic mass is 10.1. The summed E-state index contributed by atoms with van der Waals surface area (Å²) in [6, 6.07) is 5.63. The van der Waals surface area contributed by atoms with Crippen LogP contribution < -0.4 is 0 Å². The summed E-state index contributed by atoms with van der Waals surface area (Å²) in [5.74, 6) is 0.240. The van der Waals surface area contributed by atoms with Crippen molar-refractivity contribution in [2.75, 3.05) is 0 Å². The highest BCUT2D eigenvalue weighted by molar-refractivity contribution is 9.10. The summed E-state index contributed by atoms with van der Waals surface area (Å²) in [5.41, 5.74) is -0.0173. The molecule has 0 aliphatic carbocycles. The first-order valence-electron chi connectivity index (χ1n) is 6.17. The Labute approximate surface area is 133 Å². The summed E-state index contributed by atoms with van der Waals surface area (Å²) in [7, 11) is 0. The van der Waals surface area contributed by atoms with E-state index in [1.54, 1.807) is 12.1 Å². The van der Waals surface area contributed by atoms with E-state index < -0.39 is 11.7 Å². The van der Waals surface area contributed by atoms with Gasteiger partial charge in [-0.25, -0.2) is 4.98 Å². The van der Waals surface area contributed by atoms with E-state index in [0.717, 1.165) is 11.8 Å². The monoisotopic (exact) mass is 376 g/mol.